The molecule has 4 rings (SSSR count). The van der Waals surface area contributed by atoms with E-state index in [1.54, 1.807) is 34.6 Å². The van der Waals surface area contributed by atoms with Gasteiger partial charge in [-0.2, -0.15) is 13.2 Å². The molecule has 1 aromatic heterocycles. The molecule has 0 radical (unpaired) electrons. The monoisotopic (exact) mass is 563 g/mol. The van der Waals surface area contributed by atoms with E-state index in [9.17, 15) is 27.6 Å². The van der Waals surface area contributed by atoms with Crippen LogP contribution in [0.2, 0.25) is 0 Å². The Morgan fingerprint density at radius 2 is 1.65 bits per heavy atom. The first-order valence-corrected chi connectivity index (χ1v) is 12.4. The third-order valence-electron chi connectivity index (χ3n) is 5.76. The Hall–Kier alpha value is -4.22. The van der Waals surface area contributed by atoms with Gasteiger partial charge < -0.3 is 28.7 Å². The molecule has 1 aliphatic rings. The topological polar surface area (TPSA) is 113 Å². The number of fused-ring (bicyclic) bond motifs is 2. The summed E-state index contributed by atoms with van der Waals surface area (Å²) >= 11 is 0. The number of carbonyl (C=O) groups excluding carboxylic acids is 2. The summed E-state index contributed by atoms with van der Waals surface area (Å²) in [6.45, 7) is 8.81. The van der Waals surface area contributed by atoms with Gasteiger partial charge in [-0.15, -0.1) is 0 Å². The molecule has 2 heterocycles. The van der Waals surface area contributed by atoms with Gasteiger partial charge in [-0.3, -0.25) is 4.79 Å². The highest BCUT2D eigenvalue weighted by molar-refractivity contribution is 5.87. The predicted octanol–water partition coefficient (Wildman–Crippen LogP) is 5.70. The zero-order chi connectivity index (χ0) is 29.4. The molecule has 214 valence electrons. The maximum Gasteiger partial charge on any atom is 0.450 e. The Morgan fingerprint density at radius 1 is 0.975 bits per heavy atom. The van der Waals surface area contributed by atoms with Gasteiger partial charge in [0.2, 0.25) is 11.2 Å². The fourth-order valence-electron chi connectivity index (χ4n) is 4.01. The van der Waals surface area contributed by atoms with Crippen molar-refractivity contribution in [3.63, 3.8) is 0 Å². The minimum Gasteiger partial charge on any atom is -0.486 e. The molecule has 0 bridgehead atoms. The van der Waals surface area contributed by atoms with Crippen molar-refractivity contribution in [2.75, 3.05) is 13.2 Å². The third-order valence-corrected chi connectivity index (χ3v) is 5.76. The number of hydrogen-bond donors (Lipinski definition) is 1. The molecular weight excluding hydrogens is 535 g/mol. The van der Waals surface area contributed by atoms with Gasteiger partial charge in [-0.05, 0) is 56.5 Å². The molecule has 12 heteroatoms. The maximum atomic E-state index is 14.1. The second kappa shape index (κ2) is 10.7. The van der Waals surface area contributed by atoms with E-state index >= 15 is 0 Å². The number of ether oxygens (including phenoxy) is 4. The quantitative estimate of drug-likeness (QED) is 0.311. The molecule has 0 fully saturated rings. The van der Waals surface area contributed by atoms with E-state index in [1.807, 2.05) is 0 Å². The van der Waals surface area contributed by atoms with Gasteiger partial charge in [0, 0.05) is 6.07 Å². The van der Waals surface area contributed by atoms with Gasteiger partial charge in [-0.1, -0.05) is 19.9 Å². The largest absolute Gasteiger partial charge is 0.486 e. The van der Waals surface area contributed by atoms with Crippen molar-refractivity contribution in [1.29, 1.82) is 0 Å². The van der Waals surface area contributed by atoms with Crippen LogP contribution in [0.5, 0.6) is 17.2 Å². The minimum atomic E-state index is -5.03. The van der Waals surface area contributed by atoms with Crippen molar-refractivity contribution in [1.82, 2.24) is 5.32 Å². The number of hydrogen-bond acceptors (Lipinski definition) is 8. The van der Waals surface area contributed by atoms with E-state index in [0.717, 1.165) is 6.07 Å². The van der Waals surface area contributed by atoms with E-state index in [2.05, 4.69) is 5.32 Å². The van der Waals surface area contributed by atoms with Gasteiger partial charge in [0.15, 0.2) is 11.5 Å². The van der Waals surface area contributed by atoms with Crippen LogP contribution >= 0.6 is 0 Å². The van der Waals surface area contributed by atoms with Crippen LogP contribution in [-0.4, -0.2) is 36.9 Å². The Labute approximate surface area is 227 Å². The molecule has 40 heavy (non-hydrogen) atoms. The fraction of sp³-hybridized carbons (Fsp3) is 0.393. The fourth-order valence-corrected chi connectivity index (χ4v) is 4.01. The second-order valence-electron chi connectivity index (χ2n) is 10.4. The normalized spacial score (nSPS) is 14.1. The number of benzene rings is 2. The van der Waals surface area contributed by atoms with Crippen LogP contribution < -0.4 is 25.0 Å². The summed E-state index contributed by atoms with van der Waals surface area (Å²) in [5.74, 6) is -2.44. The van der Waals surface area contributed by atoms with Crippen LogP contribution in [0.15, 0.2) is 45.6 Å². The van der Waals surface area contributed by atoms with Crippen molar-refractivity contribution in [2.24, 2.45) is 5.92 Å². The number of alkyl carbamates (subject to hydrolysis) is 1. The number of nitrogens with one attached hydrogen (secondary N) is 1. The summed E-state index contributed by atoms with van der Waals surface area (Å²) in [6.07, 6.45) is -5.86. The van der Waals surface area contributed by atoms with Gasteiger partial charge >= 0.3 is 18.2 Å². The highest BCUT2D eigenvalue weighted by Gasteiger charge is 2.40. The van der Waals surface area contributed by atoms with Gasteiger partial charge in [-0.25, -0.2) is 9.59 Å². The summed E-state index contributed by atoms with van der Waals surface area (Å²) in [4.78, 5) is 38.4. The van der Waals surface area contributed by atoms with Crippen molar-refractivity contribution < 1.29 is 46.1 Å². The summed E-state index contributed by atoms with van der Waals surface area (Å²) in [7, 11) is 0. The summed E-state index contributed by atoms with van der Waals surface area (Å²) in [5.41, 5.74) is -2.93. The lowest BCUT2D eigenvalue weighted by molar-refractivity contribution is -0.152. The number of halogens is 3. The molecule has 1 aliphatic heterocycles. The predicted molar refractivity (Wildman–Crippen MR) is 138 cm³/mol. The average Bonchev–Trinajstić information content (AvgIpc) is 2.85. The zero-order valence-electron chi connectivity index (χ0n) is 22.4. The Kier molecular flexibility index (Phi) is 7.73. The number of rotatable bonds is 5. The highest BCUT2D eigenvalue weighted by Crippen LogP contribution is 2.40. The number of carbonyl (C=O) groups is 2. The molecule has 1 atom stereocenters. The Morgan fingerprint density at radius 3 is 2.27 bits per heavy atom. The van der Waals surface area contributed by atoms with E-state index in [1.165, 1.54) is 30.3 Å². The first kappa shape index (κ1) is 28.8. The molecule has 0 saturated carbocycles. The van der Waals surface area contributed by atoms with Crippen molar-refractivity contribution in [2.45, 2.75) is 52.4 Å². The van der Waals surface area contributed by atoms with E-state index in [-0.39, 0.29) is 29.1 Å². The van der Waals surface area contributed by atoms with Crippen LogP contribution in [0, 0.1) is 5.92 Å². The van der Waals surface area contributed by atoms with Gasteiger partial charge in [0.25, 0.3) is 0 Å². The number of esters is 1. The molecule has 3 aromatic rings. The van der Waals surface area contributed by atoms with Crippen LogP contribution in [0.3, 0.4) is 0 Å². The SMILES string of the molecule is CC(C)C(NC(=O)OC(C)(C)C)C(=O)Oc1ccc2c(=O)c(-c3ccc4c(c3)OCCO4)c(C(F)(F)F)oc2c1. The van der Waals surface area contributed by atoms with Crippen LogP contribution in [0.1, 0.15) is 40.4 Å². The van der Waals surface area contributed by atoms with Gasteiger partial charge in [0.1, 0.15) is 36.2 Å². The molecule has 0 saturated heterocycles. The van der Waals surface area contributed by atoms with Crippen LogP contribution in [0.4, 0.5) is 18.0 Å². The molecule has 2 aromatic carbocycles. The third kappa shape index (κ3) is 6.32. The molecule has 0 aliphatic carbocycles. The lowest BCUT2D eigenvalue weighted by atomic mass is 10.0. The lowest BCUT2D eigenvalue weighted by Crippen LogP contribution is -2.48. The van der Waals surface area contributed by atoms with E-state index in [4.69, 9.17) is 23.4 Å². The minimum absolute atomic E-state index is 0.0595. The summed E-state index contributed by atoms with van der Waals surface area (Å²) < 4.78 is 68.9. The average molecular weight is 564 g/mol. The van der Waals surface area contributed by atoms with E-state index < -0.39 is 58.1 Å². The Bertz CT molecular complexity index is 1500. The van der Waals surface area contributed by atoms with Crippen molar-refractivity contribution in [3.05, 3.63) is 52.4 Å². The molecule has 1 amide bonds. The highest BCUT2D eigenvalue weighted by atomic mass is 19.4. The zero-order valence-corrected chi connectivity index (χ0v) is 22.4. The molecule has 9 nitrogen and oxygen atoms in total. The first-order chi connectivity index (χ1) is 18.6. The van der Waals surface area contributed by atoms with Crippen molar-refractivity contribution in [3.8, 4) is 28.4 Å². The lowest BCUT2D eigenvalue weighted by Gasteiger charge is -2.24. The second-order valence-corrected chi connectivity index (χ2v) is 10.4. The summed E-state index contributed by atoms with van der Waals surface area (Å²) in [5, 5.41) is 2.28. The molecule has 1 N–H and O–H groups in total. The van der Waals surface area contributed by atoms with Crippen molar-refractivity contribution >= 4 is 23.0 Å². The first-order valence-electron chi connectivity index (χ1n) is 12.4. The molecular formula is C28H28F3NO8. The molecule has 0 spiro atoms. The Balaban J connectivity index is 1.69. The van der Waals surface area contributed by atoms with E-state index in [0.29, 0.717) is 12.4 Å². The number of amides is 1. The smallest absolute Gasteiger partial charge is 0.450 e. The van der Waals surface area contributed by atoms with Gasteiger partial charge in [0.05, 0.1) is 10.9 Å². The maximum absolute atomic E-state index is 14.1. The molecule has 1 unspecified atom stereocenters. The van der Waals surface area contributed by atoms with Crippen LogP contribution in [-0.2, 0) is 15.7 Å². The summed E-state index contributed by atoms with van der Waals surface area (Å²) in [6, 6.07) is 6.39. The standard InChI is InChI=1S/C28H28F3NO8/c1-14(2)22(32-26(35)40-27(3,4)5)25(34)38-16-7-8-17-19(13-16)39-24(28(29,30)31)21(23(17)33)15-6-9-18-20(12-15)37-11-10-36-18/h6-9,12-14,22H,10-11H2,1-5H3,(H,32,35). The van der Waals surface area contributed by atoms with Crippen LogP contribution in [0.25, 0.3) is 22.1 Å². The number of alkyl halides is 3.